The van der Waals surface area contributed by atoms with Gasteiger partial charge >= 0.3 is 6.09 Å². The average Bonchev–Trinajstić information content (AvgIpc) is 1.94. The van der Waals surface area contributed by atoms with Gasteiger partial charge in [-0.2, -0.15) is 0 Å². The highest BCUT2D eigenvalue weighted by Gasteiger charge is 2.08. The van der Waals surface area contributed by atoms with Crippen molar-refractivity contribution in [3.8, 4) is 0 Å². The molecule has 0 fully saturated rings. The fourth-order valence-corrected chi connectivity index (χ4v) is 0.856. The second kappa shape index (κ2) is 5.27. The Hall–Kier alpha value is -1.51. The third-order valence-corrected chi connectivity index (χ3v) is 1.43. The second-order valence-electron chi connectivity index (χ2n) is 2.32. The monoisotopic (exact) mass is 224 g/mol. The van der Waals surface area contributed by atoms with Crippen molar-refractivity contribution in [3.05, 3.63) is 0 Å². The summed E-state index contributed by atoms with van der Waals surface area (Å²) < 4.78 is 27.0. The number of hydrogen-bond donors (Lipinski definition) is 3. The Morgan fingerprint density at radius 1 is 1.50 bits per heavy atom. The lowest BCUT2D eigenvalue weighted by molar-refractivity contribution is 0.156. The maximum Gasteiger partial charge on any atom is 0.420 e. The molecule has 0 saturated heterocycles. The quantitative estimate of drug-likeness (QED) is 0.285. The van der Waals surface area contributed by atoms with Crippen molar-refractivity contribution >= 4 is 22.1 Å². The van der Waals surface area contributed by atoms with Crippen molar-refractivity contribution in [1.29, 1.82) is 0 Å². The Morgan fingerprint density at radius 3 is 2.50 bits per heavy atom. The molecular formula is C5H12N4O4S. The number of ether oxygens (including phenoxy) is 1. The number of amides is 1. The Balaban J connectivity index is 3.72. The van der Waals surface area contributed by atoms with Gasteiger partial charge in [0, 0.05) is 0 Å². The molecule has 0 aromatic carbocycles. The van der Waals surface area contributed by atoms with Crippen LogP contribution in [0.3, 0.4) is 0 Å². The Morgan fingerprint density at radius 2 is 2.07 bits per heavy atom. The molecule has 0 aliphatic rings. The number of carbonyl (C=O) groups excluding carboxylic acids is 1. The third kappa shape index (κ3) is 8.59. The second-order valence-corrected chi connectivity index (χ2v) is 4.07. The van der Waals surface area contributed by atoms with E-state index in [4.69, 9.17) is 11.5 Å². The molecule has 0 saturated carbocycles. The number of aliphatic imine (C=N–C) groups is 1. The molecule has 0 aromatic heterocycles. The van der Waals surface area contributed by atoms with Gasteiger partial charge in [-0.25, -0.2) is 17.9 Å². The first-order valence-electron chi connectivity index (χ1n) is 3.51. The lowest BCUT2D eigenvalue weighted by atomic mass is 10.7. The number of hydrogen-bond acceptors (Lipinski definition) is 5. The molecule has 5 N–H and O–H groups in total. The van der Waals surface area contributed by atoms with Crippen LogP contribution in [0.4, 0.5) is 4.79 Å². The van der Waals surface area contributed by atoms with Gasteiger partial charge in [0.25, 0.3) is 0 Å². The summed E-state index contributed by atoms with van der Waals surface area (Å²) in [6, 6.07) is 0. The molecule has 0 aromatic rings. The minimum atomic E-state index is -3.59. The summed E-state index contributed by atoms with van der Waals surface area (Å²) in [6.45, 7) is -0.0151. The van der Waals surface area contributed by atoms with E-state index < -0.39 is 16.1 Å². The molecule has 0 unspecified atom stereocenters. The maximum absolute atomic E-state index is 10.7. The van der Waals surface area contributed by atoms with Gasteiger partial charge in [0.2, 0.25) is 10.0 Å². The Labute approximate surface area is 81.4 Å². The van der Waals surface area contributed by atoms with E-state index in [0.29, 0.717) is 0 Å². The highest BCUT2D eigenvalue weighted by Crippen LogP contribution is 1.82. The van der Waals surface area contributed by atoms with Crippen LogP contribution in [0.5, 0.6) is 0 Å². The molecule has 8 nitrogen and oxygen atoms in total. The van der Waals surface area contributed by atoms with Crippen LogP contribution in [0, 0.1) is 0 Å². The largest absolute Gasteiger partial charge is 0.447 e. The van der Waals surface area contributed by atoms with E-state index in [1.165, 1.54) is 0 Å². The first kappa shape index (κ1) is 12.5. The molecule has 0 rings (SSSR count). The SMILES string of the molecule is CS(=O)(=O)NC(=O)OCCN=C(N)N. The molecule has 9 heteroatoms. The Bertz CT molecular complexity index is 319. The van der Waals surface area contributed by atoms with E-state index in [1.54, 1.807) is 4.72 Å². The number of carbonyl (C=O) groups is 1. The molecule has 1 amide bonds. The van der Waals surface area contributed by atoms with E-state index in [0.717, 1.165) is 6.26 Å². The van der Waals surface area contributed by atoms with E-state index in [9.17, 15) is 13.2 Å². The highest BCUT2D eigenvalue weighted by atomic mass is 32.2. The van der Waals surface area contributed by atoms with Crippen LogP contribution in [-0.2, 0) is 14.8 Å². The van der Waals surface area contributed by atoms with Gasteiger partial charge < -0.3 is 16.2 Å². The van der Waals surface area contributed by atoms with Crippen molar-refractivity contribution in [2.24, 2.45) is 16.5 Å². The summed E-state index contributed by atoms with van der Waals surface area (Å²) in [6.07, 6.45) is -0.220. The number of guanidine groups is 1. The highest BCUT2D eigenvalue weighted by molar-refractivity contribution is 7.89. The van der Waals surface area contributed by atoms with Crippen LogP contribution in [0.25, 0.3) is 0 Å². The molecule has 0 spiro atoms. The fraction of sp³-hybridized carbons (Fsp3) is 0.600. The molecule has 0 heterocycles. The molecule has 0 radical (unpaired) electrons. The van der Waals surface area contributed by atoms with Crippen LogP contribution < -0.4 is 16.2 Å². The zero-order chi connectivity index (χ0) is 11.2. The van der Waals surface area contributed by atoms with Gasteiger partial charge in [0.05, 0.1) is 12.8 Å². The smallest absolute Gasteiger partial charge is 0.420 e. The molecular weight excluding hydrogens is 212 g/mol. The third-order valence-electron chi connectivity index (χ3n) is 0.888. The lowest BCUT2D eigenvalue weighted by Gasteiger charge is -2.03. The minimum Gasteiger partial charge on any atom is -0.447 e. The fourth-order valence-electron chi connectivity index (χ4n) is 0.494. The molecule has 14 heavy (non-hydrogen) atoms. The summed E-state index contributed by atoms with van der Waals surface area (Å²) in [7, 11) is -3.59. The topological polar surface area (TPSA) is 137 Å². The number of nitrogens with two attached hydrogens (primary N) is 2. The van der Waals surface area contributed by atoms with Crippen LogP contribution in [0.15, 0.2) is 4.99 Å². The summed E-state index contributed by atoms with van der Waals surface area (Å²) in [5, 5.41) is 0. The standard InChI is InChI=1S/C5H12N4O4S/c1-14(11,12)9-5(10)13-3-2-8-4(6)7/h2-3H2,1H3,(H,9,10)(H4,6,7,8). The van der Waals surface area contributed by atoms with Crippen molar-refractivity contribution < 1.29 is 17.9 Å². The van der Waals surface area contributed by atoms with Gasteiger partial charge in [0.15, 0.2) is 5.96 Å². The molecule has 0 atom stereocenters. The Kier molecular flexibility index (Phi) is 4.70. The zero-order valence-corrected chi connectivity index (χ0v) is 8.37. The minimum absolute atomic E-state index is 0.0829. The van der Waals surface area contributed by atoms with Crippen LogP contribution in [0.1, 0.15) is 0 Å². The number of rotatable bonds is 4. The van der Waals surface area contributed by atoms with Crippen LogP contribution in [0.2, 0.25) is 0 Å². The number of nitrogens with one attached hydrogen (secondary N) is 1. The van der Waals surface area contributed by atoms with E-state index in [2.05, 4.69) is 9.73 Å². The average molecular weight is 224 g/mol. The zero-order valence-electron chi connectivity index (χ0n) is 7.56. The summed E-state index contributed by atoms with van der Waals surface area (Å²) in [5.74, 6) is -0.128. The van der Waals surface area contributed by atoms with Crippen molar-refractivity contribution in [3.63, 3.8) is 0 Å². The predicted octanol–water partition coefficient (Wildman–Crippen LogP) is -2.05. The van der Waals surface area contributed by atoms with E-state index in [1.807, 2.05) is 0 Å². The van der Waals surface area contributed by atoms with Crippen LogP contribution in [-0.4, -0.2) is 39.9 Å². The first-order chi connectivity index (χ1) is 6.31. The molecule has 82 valence electrons. The number of nitrogens with zero attached hydrogens (tertiary/aromatic N) is 1. The van der Waals surface area contributed by atoms with Crippen molar-refractivity contribution in [1.82, 2.24) is 4.72 Å². The number of sulfonamides is 1. The lowest BCUT2D eigenvalue weighted by Crippen LogP contribution is -2.31. The van der Waals surface area contributed by atoms with E-state index in [-0.39, 0.29) is 19.1 Å². The van der Waals surface area contributed by atoms with Gasteiger partial charge in [-0.1, -0.05) is 0 Å². The molecule has 0 aliphatic heterocycles. The van der Waals surface area contributed by atoms with Gasteiger partial charge in [0.1, 0.15) is 6.61 Å². The summed E-state index contributed by atoms with van der Waals surface area (Å²) >= 11 is 0. The molecule has 0 bridgehead atoms. The predicted molar refractivity (Wildman–Crippen MR) is 50.0 cm³/mol. The van der Waals surface area contributed by atoms with Crippen molar-refractivity contribution in [2.45, 2.75) is 0 Å². The van der Waals surface area contributed by atoms with Crippen molar-refractivity contribution in [2.75, 3.05) is 19.4 Å². The summed E-state index contributed by atoms with van der Waals surface area (Å²) in [5.41, 5.74) is 9.97. The normalized spacial score (nSPS) is 10.4. The first-order valence-corrected chi connectivity index (χ1v) is 5.40. The summed E-state index contributed by atoms with van der Waals surface area (Å²) in [4.78, 5) is 14.2. The van der Waals surface area contributed by atoms with Gasteiger partial charge in [-0.15, -0.1) is 0 Å². The molecule has 0 aliphatic carbocycles. The van der Waals surface area contributed by atoms with E-state index >= 15 is 0 Å². The van der Waals surface area contributed by atoms with Gasteiger partial charge in [-0.05, 0) is 0 Å². The van der Waals surface area contributed by atoms with Gasteiger partial charge in [-0.3, -0.25) is 4.99 Å². The van der Waals surface area contributed by atoms with Crippen LogP contribution >= 0.6 is 0 Å². The maximum atomic E-state index is 10.7.